The molecule has 134 valence electrons. The molecule has 26 heavy (non-hydrogen) atoms. The van der Waals surface area contributed by atoms with E-state index < -0.39 is 11.8 Å². The van der Waals surface area contributed by atoms with Crippen LogP contribution in [0.1, 0.15) is 15.9 Å². The summed E-state index contributed by atoms with van der Waals surface area (Å²) < 4.78 is 30.2. The Hall–Kier alpha value is -2.67. The van der Waals surface area contributed by atoms with E-state index in [1.807, 2.05) is 12.1 Å². The van der Waals surface area contributed by atoms with Crippen LogP contribution < -0.4 is 9.47 Å². The van der Waals surface area contributed by atoms with Crippen molar-refractivity contribution in [1.29, 1.82) is 0 Å². The number of carbonyl (C=O) groups excluding carboxylic acids is 1. The fourth-order valence-electron chi connectivity index (χ4n) is 2.40. The van der Waals surface area contributed by atoms with E-state index in [0.29, 0.717) is 5.39 Å². The summed E-state index contributed by atoms with van der Waals surface area (Å²) in [6, 6.07) is 12.0. The van der Waals surface area contributed by atoms with Crippen LogP contribution in [-0.2, 0) is 11.3 Å². The maximum atomic E-state index is 14.3. The number of hydrogen-bond donors (Lipinski definition) is 0. The maximum absolute atomic E-state index is 14.3. The first-order valence-electron chi connectivity index (χ1n) is 7.66. The number of halogens is 2. The summed E-state index contributed by atoms with van der Waals surface area (Å²) in [5, 5.41) is 0.475. The molecule has 0 radical (unpaired) electrons. The minimum atomic E-state index is -0.604. The molecule has 0 unspecified atom stereocenters. The lowest BCUT2D eigenvalue weighted by Crippen LogP contribution is -2.08. The highest BCUT2D eigenvalue weighted by molar-refractivity contribution is 9.10. The van der Waals surface area contributed by atoms with Crippen molar-refractivity contribution < 1.29 is 23.4 Å². The number of benzene rings is 2. The van der Waals surface area contributed by atoms with Gasteiger partial charge in [0, 0.05) is 5.39 Å². The third kappa shape index (κ3) is 3.62. The molecule has 0 bridgehead atoms. The minimum Gasteiger partial charge on any atom is -0.497 e. The van der Waals surface area contributed by atoms with Gasteiger partial charge in [0.2, 0.25) is 5.88 Å². The second kappa shape index (κ2) is 7.70. The Morgan fingerprint density at radius 1 is 1.15 bits per heavy atom. The Balaban J connectivity index is 1.98. The van der Waals surface area contributed by atoms with Gasteiger partial charge in [-0.15, -0.1) is 0 Å². The van der Waals surface area contributed by atoms with Crippen LogP contribution in [0.4, 0.5) is 4.39 Å². The highest BCUT2D eigenvalue weighted by Gasteiger charge is 2.19. The van der Waals surface area contributed by atoms with Gasteiger partial charge in [-0.2, -0.15) is 0 Å². The summed E-state index contributed by atoms with van der Waals surface area (Å²) in [5.41, 5.74) is 1.09. The summed E-state index contributed by atoms with van der Waals surface area (Å²) in [4.78, 5) is 16.3. The second-order valence-electron chi connectivity index (χ2n) is 5.40. The first-order chi connectivity index (χ1) is 12.5. The zero-order valence-corrected chi connectivity index (χ0v) is 15.7. The molecule has 1 heterocycles. The molecule has 5 nitrogen and oxygen atoms in total. The first-order valence-corrected chi connectivity index (χ1v) is 8.45. The molecule has 2 aromatic carbocycles. The Labute approximate surface area is 157 Å². The standard InChI is InChI=1S/C19H15BrFNO4/c1-24-13-6-3-11(4-7-13)10-26-18-14(19(23)25-2)9-12-5-8-15(20)16(21)17(12)22-18/h3-9H,10H2,1-2H3. The number of carbonyl (C=O) groups is 1. The van der Waals surface area contributed by atoms with Gasteiger partial charge in [-0.25, -0.2) is 14.2 Å². The van der Waals surface area contributed by atoms with E-state index >= 15 is 0 Å². The number of pyridine rings is 1. The molecular weight excluding hydrogens is 405 g/mol. The Morgan fingerprint density at radius 3 is 2.54 bits per heavy atom. The fraction of sp³-hybridized carbons (Fsp3) is 0.158. The third-order valence-corrected chi connectivity index (χ3v) is 4.40. The molecule has 0 aliphatic heterocycles. The van der Waals surface area contributed by atoms with E-state index in [1.165, 1.54) is 13.2 Å². The van der Waals surface area contributed by atoms with Gasteiger partial charge in [-0.1, -0.05) is 18.2 Å². The third-order valence-electron chi connectivity index (χ3n) is 3.78. The quantitative estimate of drug-likeness (QED) is 0.569. The van der Waals surface area contributed by atoms with Crippen molar-refractivity contribution in [3.63, 3.8) is 0 Å². The molecule has 0 atom stereocenters. The number of methoxy groups -OCH3 is 2. The highest BCUT2D eigenvalue weighted by atomic mass is 79.9. The highest BCUT2D eigenvalue weighted by Crippen LogP contribution is 2.29. The molecule has 0 fully saturated rings. The average Bonchev–Trinajstić information content (AvgIpc) is 2.68. The van der Waals surface area contributed by atoms with E-state index in [0.717, 1.165) is 11.3 Å². The SMILES string of the molecule is COC(=O)c1cc2ccc(Br)c(F)c2nc1OCc1ccc(OC)cc1. The molecule has 7 heteroatoms. The van der Waals surface area contributed by atoms with Gasteiger partial charge in [0.15, 0.2) is 5.82 Å². The van der Waals surface area contributed by atoms with Crippen LogP contribution >= 0.6 is 15.9 Å². The van der Waals surface area contributed by atoms with E-state index in [4.69, 9.17) is 14.2 Å². The topological polar surface area (TPSA) is 57.7 Å². The van der Waals surface area contributed by atoms with Gasteiger partial charge in [0.1, 0.15) is 23.4 Å². The fourth-order valence-corrected chi connectivity index (χ4v) is 2.72. The number of hydrogen-bond acceptors (Lipinski definition) is 5. The van der Waals surface area contributed by atoms with Crippen molar-refractivity contribution in [2.45, 2.75) is 6.61 Å². The van der Waals surface area contributed by atoms with Gasteiger partial charge in [-0.05, 0) is 45.8 Å². The largest absolute Gasteiger partial charge is 0.497 e. The first kappa shape index (κ1) is 18.1. The summed E-state index contributed by atoms with van der Waals surface area (Å²) in [5.74, 6) is -0.391. The lowest BCUT2D eigenvalue weighted by atomic mass is 10.1. The van der Waals surface area contributed by atoms with Gasteiger partial charge >= 0.3 is 5.97 Å². The second-order valence-corrected chi connectivity index (χ2v) is 6.26. The number of nitrogens with zero attached hydrogens (tertiary/aromatic N) is 1. The number of rotatable bonds is 5. The number of esters is 1. The summed E-state index contributed by atoms with van der Waals surface area (Å²) in [6.07, 6.45) is 0. The van der Waals surface area contributed by atoms with Crippen LogP contribution in [0.3, 0.4) is 0 Å². The molecular formula is C19H15BrFNO4. The van der Waals surface area contributed by atoms with Crippen LogP contribution in [0, 0.1) is 5.82 Å². The molecule has 3 aromatic rings. The van der Waals surface area contributed by atoms with Crippen LogP contribution in [0.5, 0.6) is 11.6 Å². The molecule has 0 aliphatic carbocycles. The van der Waals surface area contributed by atoms with E-state index in [1.54, 1.807) is 31.4 Å². The van der Waals surface area contributed by atoms with E-state index in [9.17, 15) is 9.18 Å². The molecule has 0 aliphatic rings. The Bertz CT molecular complexity index is 960. The summed E-state index contributed by atoms with van der Waals surface area (Å²) in [7, 11) is 2.85. The van der Waals surface area contributed by atoms with Gasteiger partial charge in [0.05, 0.1) is 18.7 Å². The van der Waals surface area contributed by atoms with Crippen molar-refractivity contribution in [2.75, 3.05) is 14.2 Å². The van der Waals surface area contributed by atoms with Crippen molar-refractivity contribution in [2.24, 2.45) is 0 Å². The predicted molar refractivity (Wildman–Crippen MR) is 98.1 cm³/mol. The monoisotopic (exact) mass is 419 g/mol. The van der Waals surface area contributed by atoms with Crippen LogP contribution in [0.15, 0.2) is 46.9 Å². The molecule has 3 rings (SSSR count). The van der Waals surface area contributed by atoms with Crippen molar-refractivity contribution in [3.8, 4) is 11.6 Å². The lowest BCUT2D eigenvalue weighted by Gasteiger charge is -2.12. The summed E-state index contributed by atoms with van der Waals surface area (Å²) >= 11 is 3.13. The Morgan fingerprint density at radius 2 is 1.88 bits per heavy atom. The minimum absolute atomic E-state index is 0.0113. The molecule has 0 amide bonds. The molecule has 0 N–H and O–H groups in total. The van der Waals surface area contributed by atoms with Gasteiger partial charge < -0.3 is 14.2 Å². The zero-order valence-electron chi connectivity index (χ0n) is 14.1. The Kier molecular flexibility index (Phi) is 5.37. The molecule has 0 saturated heterocycles. The lowest BCUT2D eigenvalue weighted by molar-refractivity contribution is 0.0594. The zero-order chi connectivity index (χ0) is 18.7. The number of aromatic nitrogens is 1. The average molecular weight is 420 g/mol. The van der Waals surface area contributed by atoms with Crippen molar-refractivity contribution in [3.05, 3.63) is 63.9 Å². The molecule has 1 aromatic heterocycles. The van der Waals surface area contributed by atoms with Crippen molar-refractivity contribution in [1.82, 2.24) is 4.98 Å². The van der Waals surface area contributed by atoms with E-state index in [-0.39, 0.29) is 28.0 Å². The van der Waals surface area contributed by atoms with E-state index in [2.05, 4.69) is 20.9 Å². The molecule has 0 saturated carbocycles. The van der Waals surface area contributed by atoms with Crippen LogP contribution in [0.2, 0.25) is 0 Å². The molecule has 0 spiro atoms. The van der Waals surface area contributed by atoms with Crippen LogP contribution in [-0.4, -0.2) is 25.2 Å². The maximum Gasteiger partial charge on any atom is 0.343 e. The number of fused-ring (bicyclic) bond motifs is 1. The predicted octanol–water partition coefficient (Wildman–Crippen LogP) is 4.51. The van der Waals surface area contributed by atoms with Gasteiger partial charge in [-0.3, -0.25) is 0 Å². The van der Waals surface area contributed by atoms with Crippen molar-refractivity contribution >= 4 is 32.8 Å². The smallest absolute Gasteiger partial charge is 0.343 e. The van der Waals surface area contributed by atoms with Gasteiger partial charge in [0.25, 0.3) is 0 Å². The summed E-state index contributed by atoms with van der Waals surface area (Å²) in [6.45, 7) is 0.155. The normalized spacial score (nSPS) is 10.6. The van der Waals surface area contributed by atoms with Crippen LogP contribution in [0.25, 0.3) is 10.9 Å². The number of ether oxygens (including phenoxy) is 3.